The van der Waals surface area contributed by atoms with Crippen LogP contribution in [0.5, 0.6) is 5.75 Å². The molecule has 2 amide bonds. The highest BCUT2D eigenvalue weighted by Crippen LogP contribution is 2.22. The minimum Gasteiger partial charge on any atom is -0.497 e. The molecule has 0 unspecified atom stereocenters. The maximum Gasteiger partial charge on any atom is 0.246 e. The molecule has 0 aliphatic carbocycles. The Balaban J connectivity index is 1.53. The van der Waals surface area contributed by atoms with E-state index in [1.165, 1.54) is 6.92 Å². The lowest BCUT2D eigenvalue weighted by molar-refractivity contribution is -0.126. The minimum absolute atomic E-state index is 0.0104. The van der Waals surface area contributed by atoms with Gasteiger partial charge >= 0.3 is 0 Å². The molecule has 0 aromatic heterocycles. The van der Waals surface area contributed by atoms with Crippen LogP contribution >= 0.6 is 0 Å². The molecule has 1 aliphatic rings. The van der Waals surface area contributed by atoms with Crippen molar-refractivity contribution in [2.75, 3.05) is 43.5 Å². The fourth-order valence-corrected chi connectivity index (χ4v) is 3.15. The number of methoxy groups -OCH3 is 1. The predicted molar refractivity (Wildman–Crippen MR) is 112 cm³/mol. The summed E-state index contributed by atoms with van der Waals surface area (Å²) >= 11 is 0. The largest absolute Gasteiger partial charge is 0.497 e. The number of hydrogen-bond donors (Lipinski definition) is 1. The number of nitrogens with zero attached hydrogens (tertiary/aromatic N) is 2. The number of nitrogens with one attached hydrogen (secondary N) is 1. The number of hydrogen-bond acceptors (Lipinski definition) is 4. The first kappa shape index (κ1) is 19.5. The summed E-state index contributed by atoms with van der Waals surface area (Å²) in [5.41, 5.74) is 2.77. The Morgan fingerprint density at radius 1 is 1.04 bits per heavy atom. The summed E-state index contributed by atoms with van der Waals surface area (Å²) < 4.78 is 5.28. The van der Waals surface area contributed by atoms with Gasteiger partial charge in [0.05, 0.1) is 7.11 Å². The van der Waals surface area contributed by atoms with Gasteiger partial charge in [0, 0.05) is 56.6 Å². The van der Waals surface area contributed by atoms with Crippen LogP contribution in [0.25, 0.3) is 6.08 Å². The van der Waals surface area contributed by atoms with E-state index in [1.807, 2.05) is 47.4 Å². The first-order valence-corrected chi connectivity index (χ1v) is 9.29. The molecule has 0 spiro atoms. The molecule has 6 heteroatoms. The molecule has 28 heavy (non-hydrogen) atoms. The fraction of sp³-hybridized carbons (Fsp3) is 0.273. The van der Waals surface area contributed by atoms with Gasteiger partial charge in [0.15, 0.2) is 0 Å². The van der Waals surface area contributed by atoms with Crippen LogP contribution < -0.4 is 15.0 Å². The number of benzene rings is 2. The van der Waals surface area contributed by atoms with Crippen molar-refractivity contribution >= 4 is 29.3 Å². The Bertz CT molecular complexity index is 854. The summed E-state index contributed by atoms with van der Waals surface area (Å²) in [5, 5.41) is 2.72. The van der Waals surface area contributed by atoms with Crippen molar-refractivity contribution in [2.24, 2.45) is 0 Å². The van der Waals surface area contributed by atoms with Crippen LogP contribution in [-0.2, 0) is 9.59 Å². The van der Waals surface area contributed by atoms with Crippen LogP contribution in [0.3, 0.4) is 0 Å². The van der Waals surface area contributed by atoms with Crippen LogP contribution in [-0.4, -0.2) is 50.0 Å². The third-order valence-corrected chi connectivity index (χ3v) is 4.66. The van der Waals surface area contributed by atoms with Crippen molar-refractivity contribution in [3.63, 3.8) is 0 Å². The van der Waals surface area contributed by atoms with Gasteiger partial charge in [-0.25, -0.2) is 0 Å². The molecule has 1 fully saturated rings. The number of amides is 2. The summed E-state index contributed by atoms with van der Waals surface area (Å²) in [6.45, 7) is 4.42. The van der Waals surface area contributed by atoms with Crippen molar-refractivity contribution in [3.05, 3.63) is 60.2 Å². The number of carbonyl (C=O) groups is 2. The van der Waals surface area contributed by atoms with Gasteiger partial charge in [-0.3, -0.25) is 9.59 Å². The monoisotopic (exact) mass is 379 g/mol. The maximum absolute atomic E-state index is 12.5. The lowest BCUT2D eigenvalue weighted by Gasteiger charge is -2.35. The minimum atomic E-state index is -0.105. The molecule has 1 N–H and O–H groups in total. The zero-order valence-electron chi connectivity index (χ0n) is 16.2. The summed E-state index contributed by atoms with van der Waals surface area (Å²) in [7, 11) is 1.66. The van der Waals surface area contributed by atoms with Gasteiger partial charge in [-0.1, -0.05) is 18.2 Å². The molecule has 3 rings (SSSR count). The quantitative estimate of drug-likeness (QED) is 0.812. The molecule has 6 nitrogen and oxygen atoms in total. The average Bonchev–Trinajstić information content (AvgIpc) is 2.73. The van der Waals surface area contributed by atoms with E-state index in [2.05, 4.69) is 16.3 Å². The number of piperazine rings is 1. The molecule has 1 heterocycles. The molecule has 0 radical (unpaired) electrons. The first-order valence-electron chi connectivity index (χ1n) is 9.29. The van der Waals surface area contributed by atoms with E-state index >= 15 is 0 Å². The van der Waals surface area contributed by atoms with Crippen LogP contribution in [0, 0.1) is 0 Å². The molecule has 2 aromatic carbocycles. The van der Waals surface area contributed by atoms with Gasteiger partial charge in [-0.15, -0.1) is 0 Å². The SMILES string of the molecule is COc1cccc(N2CCN(C(=O)/C=C/c3ccc(NC(C)=O)cc3)CC2)c1. The highest BCUT2D eigenvalue weighted by molar-refractivity contribution is 5.92. The summed E-state index contributed by atoms with van der Waals surface area (Å²) in [6, 6.07) is 15.4. The Morgan fingerprint density at radius 2 is 1.75 bits per heavy atom. The van der Waals surface area contributed by atoms with E-state index in [-0.39, 0.29) is 11.8 Å². The van der Waals surface area contributed by atoms with Crippen LogP contribution in [0.1, 0.15) is 12.5 Å². The molecule has 0 bridgehead atoms. The van der Waals surface area contributed by atoms with Crippen molar-refractivity contribution in [1.29, 1.82) is 0 Å². The van der Waals surface area contributed by atoms with E-state index in [0.29, 0.717) is 13.1 Å². The standard InChI is InChI=1S/C22H25N3O3/c1-17(26)23-19-9-6-18(7-10-19)8-11-22(27)25-14-12-24(13-15-25)20-4-3-5-21(16-20)28-2/h3-11,16H,12-15H2,1-2H3,(H,23,26)/b11-8+. The van der Waals surface area contributed by atoms with E-state index in [1.54, 1.807) is 19.3 Å². The summed E-state index contributed by atoms with van der Waals surface area (Å²) in [4.78, 5) is 27.6. The molecule has 1 saturated heterocycles. The van der Waals surface area contributed by atoms with Crippen molar-refractivity contribution < 1.29 is 14.3 Å². The van der Waals surface area contributed by atoms with Gasteiger partial charge in [0.25, 0.3) is 0 Å². The van der Waals surface area contributed by atoms with Crippen molar-refractivity contribution in [1.82, 2.24) is 4.90 Å². The smallest absolute Gasteiger partial charge is 0.246 e. The van der Waals surface area contributed by atoms with Gasteiger partial charge in [-0.2, -0.15) is 0 Å². The first-order chi connectivity index (χ1) is 13.5. The zero-order valence-corrected chi connectivity index (χ0v) is 16.2. The third kappa shape index (κ3) is 5.13. The van der Waals surface area contributed by atoms with Gasteiger partial charge in [0.2, 0.25) is 11.8 Å². The highest BCUT2D eigenvalue weighted by Gasteiger charge is 2.20. The van der Waals surface area contributed by atoms with E-state index in [4.69, 9.17) is 4.74 Å². The van der Waals surface area contributed by atoms with Crippen molar-refractivity contribution in [3.8, 4) is 5.75 Å². The normalized spacial score (nSPS) is 14.2. The lowest BCUT2D eigenvalue weighted by Crippen LogP contribution is -2.48. The number of anilines is 2. The second-order valence-corrected chi connectivity index (χ2v) is 6.65. The molecule has 0 atom stereocenters. The topological polar surface area (TPSA) is 61.9 Å². The van der Waals surface area contributed by atoms with E-state index < -0.39 is 0 Å². The maximum atomic E-state index is 12.5. The van der Waals surface area contributed by atoms with E-state index in [0.717, 1.165) is 35.8 Å². The van der Waals surface area contributed by atoms with Gasteiger partial charge in [0.1, 0.15) is 5.75 Å². The highest BCUT2D eigenvalue weighted by atomic mass is 16.5. The zero-order chi connectivity index (χ0) is 19.9. The Labute approximate surface area is 165 Å². The molecule has 2 aromatic rings. The molecule has 1 aliphatic heterocycles. The number of carbonyl (C=O) groups excluding carboxylic acids is 2. The number of ether oxygens (including phenoxy) is 1. The molecule has 0 saturated carbocycles. The van der Waals surface area contributed by atoms with Crippen LogP contribution in [0.15, 0.2) is 54.6 Å². The van der Waals surface area contributed by atoms with Crippen LogP contribution in [0.4, 0.5) is 11.4 Å². The van der Waals surface area contributed by atoms with Gasteiger partial charge < -0.3 is 19.9 Å². The Morgan fingerprint density at radius 3 is 2.39 bits per heavy atom. The molecular weight excluding hydrogens is 354 g/mol. The van der Waals surface area contributed by atoms with Crippen LogP contribution in [0.2, 0.25) is 0 Å². The van der Waals surface area contributed by atoms with Gasteiger partial charge in [-0.05, 0) is 35.9 Å². The third-order valence-electron chi connectivity index (χ3n) is 4.66. The average molecular weight is 379 g/mol. The second-order valence-electron chi connectivity index (χ2n) is 6.65. The Hall–Kier alpha value is -3.28. The summed E-state index contributed by atoms with van der Waals surface area (Å²) in [5.74, 6) is 0.742. The number of rotatable bonds is 5. The molecular formula is C22H25N3O3. The van der Waals surface area contributed by atoms with Crippen molar-refractivity contribution in [2.45, 2.75) is 6.92 Å². The van der Waals surface area contributed by atoms with E-state index in [9.17, 15) is 9.59 Å². The lowest BCUT2D eigenvalue weighted by atomic mass is 10.2. The molecule has 146 valence electrons. The fourth-order valence-electron chi connectivity index (χ4n) is 3.15. The summed E-state index contributed by atoms with van der Waals surface area (Å²) in [6.07, 6.45) is 3.41. The predicted octanol–water partition coefficient (Wildman–Crippen LogP) is 3.02. The Kier molecular flexibility index (Phi) is 6.32. The second kappa shape index (κ2) is 9.08.